The van der Waals surface area contributed by atoms with Crippen LogP contribution in [0.25, 0.3) is 5.69 Å². The van der Waals surface area contributed by atoms with E-state index in [9.17, 15) is 9.18 Å². The lowest BCUT2D eigenvalue weighted by atomic mass is 10.1. The Morgan fingerprint density at radius 1 is 1.10 bits per heavy atom. The van der Waals surface area contributed by atoms with E-state index in [2.05, 4.69) is 10.2 Å². The molecule has 3 heterocycles. The molecule has 6 nitrogen and oxygen atoms in total. The highest BCUT2D eigenvalue weighted by Gasteiger charge is 2.20. The van der Waals surface area contributed by atoms with Crippen LogP contribution in [0.3, 0.4) is 0 Å². The molecule has 0 aliphatic carbocycles. The van der Waals surface area contributed by atoms with E-state index in [1.165, 1.54) is 30.3 Å². The first-order chi connectivity index (χ1) is 14.1. The molecule has 0 N–H and O–H groups in total. The summed E-state index contributed by atoms with van der Waals surface area (Å²) in [5, 5.41) is 9.37. The van der Waals surface area contributed by atoms with Gasteiger partial charge in [0.15, 0.2) is 5.16 Å². The summed E-state index contributed by atoms with van der Waals surface area (Å²) in [5.74, 6) is 0.919. The van der Waals surface area contributed by atoms with Gasteiger partial charge in [0.05, 0.1) is 5.75 Å². The number of piperidine rings is 1. The maximum Gasteiger partial charge on any atom is 0.233 e. The van der Waals surface area contributed by atoms with Gasteiger partial charge in [-0.1, -0.05) is 11.8 Å². The van der Waals surface area contributed by atoms with Crippen LogP contribution in [0.4, 0.5) is 4.39 Å². The van der Waals surface area contributed by atoms with Crippen molar-refractivity contribution in [2.75, 3.05) is 18.8 Å². The average molecular weight is 414 g/mol. The summed E-state index contributed by atoms with van der Waals surface area (Å²) in [6, 6.07) is 10.3. The van der Waals surface area contributed by atoms with Crippen LogP contribution < -0.4 is 0 Å². The fourth-order valence-corrected chi connectivity index (χ4v) is 4.43. The lowest BCUT2D eigenvalue weighted by Gasteiger charge is -2.26. The molecular weight excluding hydrogens is 389 g/mol. The standard InChI is InChI=1S/C21H24FN5OS/c1-25-11-5-6-18(25)14-19-23-24-21(27(19)17-9-7-16(22)8-10-17)29-15-20(28)26-12-3-2-4-13-26/h5-11H,2-4,12-15H2,1H3. The minimum absolute atomic E-state index is 0.132. The molecular formula is C21H24FN5OS. The van der Waals surface area contributed by atoms with E-state index in [-0.39, 0.29) is 11.7 Å². The summed E-state index contributed by atoms with van der Waals surface area (Å²) in [6.45, 7) is 1.67. The summed E-state index contributed by atoms with van der Waals surface area (Å²) in [5.41, 5.74) is 1.88. The smallest absolute Gasteiger partial charge is 0.233 e. The van der Waals surface area contributed by atoms with Crippen molar-refractivity contribution in [1.29, 1.82) is 0 Å². The van der Waals surface area contributed by atoms with Crippen LogP contribution in [-0.2, 0) is 18.3 Å². The lowest BCUT2D eigenvalue weighted by Crippen LogP contribution is -2.36. The predicted octanol–water partition coefficient (Wildman–Crippen LogP) is 3.44. The molecule has 2 aromatic heterocycles. The summed E-state index contributed by atoms with van der Waals surface area (Å²) < 4.78 is 17.4. The number of benzene rings is 1. The number of carbonyl (C=O) groups is 1. The number of hydrogen-bond acceptors (Lipinski definition) is 4. The molecule has 0 atom stereocenters. The Morgan fingerprint density at radius 3 is 2.55 bits per heavy atom. The summed E-state index contributed by atoms with van der Waals surface area (Å²) in [6.07, 6.45) is 5.92. The zero-order valence-corrected chi connectivity index (χ0v) is 17.2. The first-order valence-corrected chi connectivity index (χ1v) is 10.8. The van der Waals surface area contributed by atoms with E-state index in [0.717, 1.165) is 43.1 Å². The third-order valence-corrected chi connectivity index (χ3v) is 6.12. The maximum absolute atomic E-state index is 13.4. The Kier molecular flexibility index (Phi) is 5.99. The van der Waals surface area contributed by atoms with Gasteiger partial charge in [-0.3, -0.25) is 9.36 Å². The lowest BCUT2D eigenvalue weighted by molar-refractivity contribution is -0.129. The molecule has 1 saturated heterocycles. The Hall–Kier alpha value is -2.61. The molecule has 0 radical (unpaired) electrons. The minimum Gasteiger partial charge on any atom is -0.354 e. The zero-order chi connectivity index (χ0) is 20.2. The van der Waals surface area contributed by atoms with Gasteiger partial charge in [-0.25, -0.2) is 4.39 Å². The van der Waals surface area contributed by atoms with Gasteiger partial charge in [0, 0.05) is 44.1 Å². The molecule has 1 aliphatic heterocycles. The van der Waals surface area contributed by atoms with Crippen molar-refractivity contribution in [2.45, 2.75) is 30.8 Å². The molecule has 8 heteroatoms. The van der Waals surface area contributed by atoms with E-state index in [4.69, 9.17) is 0 Å². The van der Waals surface area contributed by atoms with Crippen molar-refractivity contribution in [3.63, 3.8) is 0 Å². The van der Waals surface area contributed by atoms with Crippen LogP contribution in [0.1, 0.15) is 30.8 Å². The number of amides is 1. The van der Waals surface area contributed by atoms with Gasteiger partial charge in [0.2, 0.25) is 5.91 Å². The van der Waals surface area contributed by atoms with Gasteiger partial charge < -0.3 is 9.47 Å². The van der Waals surface area contributed by atoms with Gasteiger partial charge in [0.25, 0.3) is 0 Å². The highest BCUT2D eigenvalue weighted by molar-refractivity contribution is 7.99. The number of halogens is 1. The fraction of sp³-hybridized carbons (Fsp3) is 0.381. The number of likely N-dealkylation sites (tertiary alicyclic amines) is 1. The molecule has 152 valence electrons. The third-order valence-electron chi connectivity index (χ3n) is 5.21. The predicted molar refractivity (Wildman–Crippen MR) is 111 cm³/mol. The molecule has 1 aliphatic rings. The number of aryl methyl sites for hydroxylation is 1. The van der Waals surface area contributed by atoms with Crippen molar-refractivity contribution in [3.05, 3.63) is 59.9 Å². The second kappa shape index (κ2) is 8.82. The van der Waals surface area contributed by atoms with Gasteiger partial charge >= 0.3 is 0 Å². The third kappa shape index (κ3) is 4.53. The van der Waals surface area contributed by atoms with Crippen molar-refractivity contribution >= 4 is 17.7 Å². The number of hydrogen-bond donors (Lipinski definition) is 0. The van der Waals surface area contributed by atoms with Crippen LogP contribution in [0, 0.1) is 5.82 Å². The highest BCUT2D eigenvalue weighted by atomic mass is 32.2. The number of nitrogens with zero attached hydrogens (tertiary/aromatic N) is 5. The second-order valence-electron chi connectivity index (χ2n) is 7.23. The Balaban J connectivity index is 1.58. The molecule has 3 aromatic rings. The SMILES string of the molecule is Cn1cccc1Cc1nnc(SCC(=O)N2CCCCC2)n1-c1ccc(F)cc1. The van der Waals surface area contributed by atoms with E-state index >= 15 is 0 Å². The normalized spacial score (nSPS) is 14.3. The highest BCUT2D eigenvalue weighted by Crippen LogP contribution is 2.24. The van der Waals surface area contributed by atoms with E-state index in [1.807, 2.05) is 39.4 Å². The van der Waals surface area contributed by atoms with Gasteiger partial charge in [-0.05, 0) is 55.7 Å². The summed E-state index contributed by atoms with van der Waals surface area (Å²) in [4.78, 5) is 14.5. The molecule has 0 bridgehead atoms. The molecule has 1 fully saturated rings. The van der Waals surface area contributed by atoms with E-state index in [0.29, 0.717) is 17.3 Å². The van der Waals surface area contributed by atoms with Crippen molar-refractivity contribution < 1.29 is 9.18 Å². The van der Waals surface area contributed by atoms with Crippen LogP contribution in [0.5, 0.6) is 0 Å². The largest absolute Gasteiger partial charge is 0.354 e. The molecule has 29 heavy (non-hydrogen) atoms. The minimum atomic E-state index is -0.291. The number of thioether (sulfide) groups is 1. The Morgan fingerprint density at radius 2 is 1.86 bits per heavy atom. The molecule has 0 saturated carbocycles. The maximum atomic E-state index is 13.4. The molecule has 1 amide bonds. The molecule has 0 unspecified atom stereocenters. The average Bonchev–Trinajstić information content (AvgIpc) is 3.34. The quantitative estimate of drug-likeness (QED) is 0.581. The molecule has 0 spiro atoms. The van der Waals surface area contributed by atoms with Crippen molar-refractivity contribution in [2.24, 2.45) is 7.05 Å². The topological polar surface area (TPSA) is 56.0 Å². The van der Waals surface area contributed by atoms with Crippen LogP contribution in [-0.4, -0.2) is 49.0 Å². The van der Waals surface area contributed by atoms with Gasteiger partial charge in [-0.2, -0.15) is 0 Å². The van der Waals surface area contributed by atoms with E-state index < -0.39 is 0 Å². The van der Waals surface area contributed by atoms with Crippen molar-refractivity contribution in [1.82, 2.24) is 24.2 Å². The van der Waals surface area contributed by atoms with Crippen LogP contribution in [0.15, 0.2) is 47.8 Å². The number of rotatable bonds is 6. The summed E-state index contributed by atoms with van der Waals surface area (Å²) >= 11 is 1.38. The Bertz CT molecular complexity index is 975. The first-order valence-electron chi connectivity index (χ1n) is 9.83. The molecule has 1 aromatic carbocycles. The zero-order valence-electron chi connectivity index (χ0n) is 16.4. The van der Waals surface area contributed by atoms with E-state index in [1.54, 1.807) is 12.1 Å². The monoisotopic (exact) mass is 413 g/mol. The van der Waals surface area contributed by atoms with Gasteiger partial charge in [0.1, 0.15) is 11.6 Å². The summed E-state index contributed by atoms with van der Waals surface area (Å²) in [7, 11) is 1.99. The second-order valence-corrected chi connectivity index (χ2v) is 8.17. The molecule has 4 rings (SSSR count). The fourth-order valence-electron chi connectivity index (χ4n) is 3.56. The number of carbonyl (C=O) groups excluding carboxylic acids is 1. The van der Waals surface area contributed by atoms with Crippen LogP contribution in [0.2, 0.25) is 0 Å². The first kappa shape index (κ1) is 19.7. The van der Waals surface area contributed by atoms with Crippen LogP contribution >= 0.6 is 11.8 Å². The van der Waals surface area contributed by atoms with Gasteiger partial charge in [-0.15, -0.1) is 10.2 Å². The Labute approximate surface area is 173 Å². The van der Waals surface area contributed by atoms with Crippen molar-refractivity contribution in [3.8, 4) is 5.69 Å². The number of aromatic nitrogens is 4.